The number of rotatable bonds is 4. The Kier molecular flexibility index (Phi) is 4.52. The van der Waals surface area contributed by atoms with Gasteiger partial charge in [0.1, 0.15) is 0 Å². The van der Waals surface area contributed by atoms with Crippen LogP contribution in [0.3, 0.4) is 0 Å². The maximum atomic E-state index is 9.57. The van der Waals surface area contributed by atoms with Gasteiger partial charge >= 0.3 is 0 Å². The fourth-order valence-corrected chi connectivity index (χ4v) is 2.88. The molecule has 1 fully saturated rings. The van der Waals surface area contributed by atoms with Crippen LogP contribution >= 0.6 is 0 Å². The SMILES string of the molecule is C[C@@H](N)c1cccc(-c2ccc(CN3CC[C@H](O)C3)cn2)c1. The summed E-state index contributed by atoms with van der Waals surface area (Å²) in [6, 6.07) is 12.4. The van der Waals surface area contributed by atoms with Gasteiger partial charge in [0.25, 0.3) is 0 Å². The van der Waals surface area contributed by atoms with Crippen molar-refractivity contribution in [1.29, 1.82) is 0 Å². The Morgan fingerprint density at radius 2 is 2.23 bits per heavy atom. The van der Waals surface area contributed by atoms with Crippen LogP contribution in [0, 0.1) is 0 Å². The zero-order chi connectivity index (χ0) is 15.5. The molecule has 0 aliphatic carbocycles. The van der Waals surface area contributed by atoms with Crippen molar-refractivity contribution in [2.45, 2.75) is 32.0 Å². The lowest BCUT2D eigenvalue weighted by Crippen LogP contribution is -2.21. The van der Waals surface area contributed by atoms with Crippen LogP contribution in [-0.4, -0.2) is 34.2 Å². The Balaban J connectivity index is 1.72. The predicted octanol–water partition coefficient (Wildman–Crippen LogP) is 2.33. The molecule has 4 heteroatoms. The monoisotopic (exact) mass is 297 g/mol. The number of likely N-dealkylation sites (tertiary alicyclic amines) is 1. The third-order valence-electron chi connectivity index (χ3n) is 4.19. The number of nitrogens with zero attached hydrogens (tertiary/aromatic N) is 2. The van der Waals surface area contributed by atoms with E-state index in [2.05, 4.69) is 34.1 Å². The van der Waals surface area contributed by atoms with E-state index in [4.69, 9.17) is 5.73 Å². The average Bonchev–Trinajstić information content (AvgIpc) is 2.93. The van der Waals surface area contributed by atoms with Gasteiger partial charge in [-0.15, -0.1) is 0 Å². The normalized spacial score (nSPS) is 20.2. The summed E-state index contributed by atoms with van der Waals surface area (Å²) in [5.74, 6) is 0. The first-order valence-electron chi connectivity index (χ1n) is 7.83. The Morgan fingerprint density at radius 3 is 2.86 bits per heavy atom. The van der Waals surface area contributed by atoms with Crippen LogP contribution in [0.5, 0.6) is 0 Å². The van der Waals surface area contributed by atoms with Crippen molar-refractivity contribution in [2.75, 3.05) is 13.1 Å². The summed E-state index contributed by atoms with van der Waals surface area (Å²) in [6.07, 6.45) is 2.63. The van der Waals surface area contributed by atoms with Crippen LogP contribution in [0.15, 0.2) is 42.6 Å². The van der Waals surface area contributed by atoms with Gasteiger partial charge in [-0.3, -0.25) is 9.88 Å². The van der Waals surface area contributed by atoms with E-state index in [1.165, 1.54) is 5.56 Å². The molecule has 3 rings (SSSR count). The number of benzene rings is 1. The number of pyridine rings is 1. The van der Waals surface area contributed by atoms with Gasteiger partial charge in [-0.25, -0.2) is 0 Å². The third kappa shape index (κ3) is 3.53. The summed E-state index contributed by atoms with van der Waals surface area (Å²) in [4.78, 5) is 6.84. The van der Waals surface area contributed by atoms with Crippen LogP contribution in [0.1, 0.15) is 30.5 Å². The molecule has 1 aromatic heterocycles. The minimum Gasteiger partial charge on any atom is -0.392 e. The van der Waals surface area contributed by atoms with Gasteiger partial charge in [0.05, 0.1) is 11.8 Å². The first-order chi connectivity index (χ1) is 10.6. The van der Waals surface area contributed by atoms with E-state index in [0.717, 1.165) is 42.9 Å². The first kappa shape index (κ1) is 15.2. The van der Waals surface area contributed by atoms with Crippen molar-refractivity contribution in [3.8, 4) is 11.3 Å². The van der Waals surface area contributed by atoms with Crippen molar-refractivity contribution < 1.29 is 5.11 Å². The molecule has 1 saturated heterocycles. The van der Waals surface area contributed by atoms with Gasteiger partial charge in [0.15, 0.2) is 0 Å². The van der Waals surface area contributed by atoms with E-state index in [0.29, 0.717) is 0 Å². The molecule has 2 aromatic rings. The zero-order valence-electron chi connectivity index (χ0n) is 12.9. The largest absolute Gasteiger partial charge is 0.392 e. The second-order valence-corrected chi connectivity index (χ2v) is 6.14. The number of hydrogen-bond donors (Lipinski definition) is 2. The lowest BCUT2D eigenvalue weighted by Gasteiger charge is -2.15. The molecule has 0 radical (unpaired) electrons. The summed E-state index contributed by atoms with van der Waals surface area (Å²) in [5.41, 5.74) is 10.3. The molecule has 22 heavy (non-hydrogen) atoms. The Bertz CT molecular complexity index is 624. The maximum absolute atomic E-state index is 9.57. The third-order valence-corrected chi connectivity index (χ3v) is 4.19. The lowest BCUT2D eigenvalue weighted by atomic mass is 10.0. The summed E-state index contributed by atoms with van der Waals surface area (Å²) in [7, 11) is 0. The quantitative estimate of drug-likeness (QED) is 0.909. The molecule has 0 unspecified atom stereocenters. The Labute approximate surface area is 131 Å². The predicted molar refractivity (Wildman–Crippen MR) is 88.2 cm³/mol. The highest BCUT2D eigenvalue weighted by Gasteiger charge is 2.19. The smallest absolute Gasteiger partial charge is 0.0702 e. The highest BCUT2D eigenvalue weighted by atomic mass is 16.3. The van der Waals surface area contributed by atoms with E-state index in [9.17, 15) is 5.11 Å². The van der Waals surface area contributed by atoms with Gasteiger partial charge in [-0.05, 0) is 36.6 Å². The second-order valence-electron chi connectivity index (χ2n) is 6.14. The maximum Gasteiger partial charge on any atom is 0.0702 e. The van der Waals surface area contributed by atoms with Gasteiger partial charge in [-0.1, -0.05) is 24.3 Å². The van der Waals surface area contributed by atoms with E-state index >= 15 is 0 Å². The highest BCUT2D eigenvalue weighted by molar-refractivity contribution is 5.60. The zero-order valence-corrected chi connectivity index (χ0v) is 12.9. The van der Waals surface area contributed by atoms with E-state index in [-0.39, 0.29) is 12.1 Å². The highest BCUT2D eigenvalue weighted by Crippen LogP contribution is 2.21. The van der Waals surface area contributed by atoms with Crippen LogP contribution in [0.4, 0.5) is 0 Å². The molecule has 1 aliphatic heterocycles. The lowest BCUT2D eigenvalue weighted by molar-refractivity contribution is 0.175. The van der Waals surface area contributed by atoms with E-state index in [1.807, 2.05) is 25.3 Å². The molecule has 0 saturated carbocycles. The van der Waals surface area contributed by atoms with Crippen molar-refractivity contribution in [3.05, 3.63) is 53.7 Å². The summed E-state index contributed by atoms with van der Waals surface area (Å²) < 4.78 is 0. The van der Waals surface area contributed by atoms with Gasteiger partial charge in [0.2, 0.25) is 0 Å². The number of aromatic nitrogens is 1. The summed E-state index contributed by atoms with van der Waals surface area (Å²) in [5, 5.41) is 9.57. The van der Waals surface area contributed by atoms with Gasteiger partial charge in [-0.2, -0.15) is 0 Å². The Morgan fingerprint density at radius 1 is 1.36 bits per heavy atom. The van der Waals surface area contributed by atoms with Crippen LogP contribution in [0.2, 0.25) is 0 Å². The van der Waals surface area contributed by atoms with Crippen molar-refractivity contribution in [3.63, 3.8) is 0 Å². The van der Waals surface area contributed by atoms with Crippen molar-refractivity contribution in [1.82, 2.24) is 9.88 Å². The molecular weight excluding hydrogens is 274 g/mol. The molecule has 0 spiro atoms. The van der Waals surface area contributed by atoms with E-state index < -0.39 is 0 Å². The van der Waals surface area contributed by atoms with Crippen molar-refractivity contribution >= 4 is 0 Å². The molecule has 0 amide bonds. The molecule has 0 bridgehead atoms. The average molecular weight is 297 g/mol. The molecule has 1 aliphatic rings. The molecule has 2 heterocycles. The van der Waals surface area contributed by atoms with Gasteiger partial charge < -0.3 is 10.8 Å². The van der Waals surface area contributed by atoms with Gasteiger partial charge in [0, 0.05) is 37.4 Å². The fraction of sp³-hybridized carbons (Fsp3) is 0.389. The fourth-order valence-electron chi connectivity index (χ4n) is 2.88. The Hall–Kier alpha value is -1.75. The number of hydrogen-bond acceptors (Lipinski definition) is 4. The number of aliphatic hydroxyl groups excluding tert-OH is 1. The second kappa shape index (κ2) is 6.57. The van der Waals surface area contributed by atoms with E-state index in [1.54, 1.807) is 0 Å². The standard InChI is InChI=1S/C18H23N3O/c1-13(19)15-3-2-4-16(9-15)18-6-5-14(10-20-18)11-21-8-7-17(22)12-21/h2-6,9-10,13,17,22H,7-8,11-12,19H2,1H3/t13-,17+/m1/s1. The first-order valence-corrected chi connectivity index (χ1v) is 7.83. The summed E-state index contributed by atoms with van der Waals surface area (Å²) >= 11 is 0. The molecule has 3 N–H and O–H groups in total. The molecule has 1 aromatic carbocycles. The van der Waals surface area contributed by atoms with Crippen LogP contribution in [-0.2, 0) is 6.54 Å². The van der Waals surface area contributed by atoms with Crippen LogP contribution in [0.25, 0.3) is 11.3 Å². The minimum atomic E-state index is -0.173. The molecule has 2 atom stereocenters. The molecular formula is C18H23N3O. The molecule has 116 valence electrons. The minimum absolute atomic E-state index is 0.0285. The number of nitrogens with two attached hydrogens (primary N) is 1. The molecule has 4 nitrogen and oxygen atoms in total. The topological polar surface area (TPSA) is 62.4 Å². The number of β-amino-alcohol motifs (C(OH)–C–C–N with tert-alkyl or cyclic N) is 1. The summed E-state index contributed by atoms with van der Waals surface area (Å²) in [6.45, 7) is 4.56. The van der Waals surface area contributed by atoms with Crippen molar-refractivity contribution in [2.24, 2.45) is 5.73 Å². The number of aliphatic hydroxyl groups is 1. The van der Waals surface area contributed by atoms with Crippen LogP contribution < -0.4 is 5.73 Å².